The van der Waals surface area contributed by atoms with Crippen LogP contribution in [0, 0.1) is 6.92 Å². The summed E-state index contributed by atoms with van der Waals surface area (Å²) >= 11 is 7.85. The number of hydrogen-bond acceptors (Lipinski definition) is 4. The first kappa shape index (κ1) is 22.2. The summed E-state index contributed by atoms with van der Waals surface area (Å²) in [6.07, 6.45) is 3.15. The zero-order chi connectivity index (χ0) is 18.4. The second kappa shape index (κ2) is 11.1. The van der Waals surface area contributed by atoms with Crippen LogP contribution in [0.3, 0.4) is 0 Å². The third-order valence-electron chi connectivity index (χ3n) is 4.45. The van der Waals surface area contributed by atoms with Gasteiger partial charge in [0.2, 0.25) is 0 Å². The first-order valence-electron chi connectivity index (χ1n) is 9.03. The number of aliphatic imine (C=N–C) groups is 1. The first-order valence-corrected chi connectivity index (χ1v) is 10.3. The van der Waals surface area contributed by atoms with E-state index >= 15 is 0 Å². The van der Waals surface area contributed by atoms with Gasteiger partial charge in [0.1, 0.15) is 0 Å². The predicted octanol–water partition coefficient (Wildman–Crippen LogP) is 4.10. The van der Waals surface area contributed by atoms with Gasteiger partial charge >= 0.3 is 0 Å². The standard InChI is InChI=1S/C19H26ClN5S.HI/c1-14-13-26-18(23-14)7-4-9-22-19(21-2)24-16-8-10-25(12-16)17-6-3-5-15(20)11-17;/h3,5-6,11,13,16H,4,7-10,12H2,1-2H3,(H2,21,22,24);1H. The van der Waals surface area contributed by atoms with Crippen LogP contribution in [0.2, 0.25) is 5.02 Å². The van der Waals surface area contributed by atoms with Gasteiger partial charge in [-0.05, 0) is 38.0 Å². The van der Waals surface area contributed by atoms with E-state index in [-0.39, 0.29) is 24.0 Å². The normalized spacial score (nSPS) is 16.9. The molecule has 3 rings (SSSR count). The average Bonchev–Trinajstić information content (AvgIpc) is 3.26. The average molecular weight is 520 g/mol. The van der Waals surface area contributed by atoms with E-state index in [0.29, 0.717) is 6.04 Å². The minimum atomic E-state index is 0. The highest BCUT2D eigenvalue weighted by atomic mass is 127. The topological polar surface area (TPSA) is 52.6 Å². The zero-order valence-corrected chi connectivity index (χ0v) is 19.6. The SMILES string of the molecule is CN=C(NCCCc1nc(C)cs1)NC1CCN(c2cccc(Cl)c2)C1.I. The minimum absolute atomic E-state index is 0. The second-order valence-corrected chi connectivity index (χ2v) is 7.92. The molecule has 1 aromatic carbocycles. The van der Waals surface area contributed by atoms with Gasteiger partial charge in [0.25, 0.3) is 0 Å². The van der Waals surface area contributed by atoms with Gasteiger partial charge in [0.05, 0.1) is 5.01 Å². The Hall–Kier alpha value is -1.06. The Morgan fingerprint density at radius 1 is 1.44 bits per heavy atom. The number of anilines is 1. The van der Waals surface area contributed by atoms with Crippen molar-refractivity contribution in [3.8, 4) is 0 Å². The molecular formula is C19H27ClIN5S. The van der Waals surface area contributed by atoms with Gasteiger partial charge < -0.3 is 15.5 Å². The molecule has 1 aliphatic heterocycles. The lowest BCUT2D eigenvalue weighted by molar-refractivity contribution is 0.643. The lowest BCUT2D eigenvalue weighted by atomic mass is 10.2. The van der Waals surface area contributed by atoms with E-state index in [9.17, 15) is 0 Å². The molecule has 0 saturated carbocycles. The largest absolute Gasteiger partial charge is 0.369 e. The van der Waals surface area contributed by atoms with Gasteiger partial charge in [-0.2, -0.15) is 0 Å². The maximum Gasteiger partial charge on any atom is 0.191 e. The summed E-state index contributed by atoms with van der Waals surface area (Å²) in [6, 6.07) is 8.44. The van der Waals surface area contributed by atoms with Crippen LogP contribution in [0.25, 0.3) is 0 Å². The van der Waals surface area contributed by atoms with E-state index in [1.165, 1.54) is 10.7 Å². The molecule has 0 amide bonds. The summed E-state index contributed by atoms with van der Waals surface area (Å²) in [5.41, 5.74) is 2.30. The third-order valence-corrected chi connectivity index (χ3v) is 5.71. The predicted molar refractivity (Wildman–Crippen MR) is 127 cm³/mol. The molecule has 0 radical (unpaired) electrons. The number of nitrogens with one attached hydrogen (secondary N) is 2. The van der Waals surface area contributed by atoms with Gasteiger partial charge in [0.15, 0.2) is 5.96 Å². The van der Waals surface area contributed by atoms with Crippen molar-refractivity contribution < 1.29 is 0 Å². The summed E-state index contributed by atoms with van der Waals surface area (Å²) in [4.78, 5) is 11.2. The fourth-order valence-corrected chi connectivity index (χ4v) is 4.14. The lowest BCUT2D eigenvalue weighted by Gasteiger charge is -2.20. The van der Waals surface area contributed by atoms with Crippen molar-refractivity contribution in [3.05, 3.63) is 45.4 Å². The van der Waals surface area contributed by atoms with Crippen LogP contribution in [-0.2, 0) is 6.42 Å². The van der Waals surface area contributed by atoms with Crippen molar-refractivity contribution in [3.63, 3.8) is 0 Å². The van der Waals surface area contributed by atoms with Crippen LogP contribution in [0.15, 0.2) is 34.6 Å². The molecule has 27 heavy (non-hydrogen) atoms. The van der Waals surface area contributed by atoms with Gasteiger partial charge in [-0.3, -0.25) is 4.99 Å². The highest BCUT2D eigenvalue weighted by Gasteiger charge is 2.23. The van der Waals surface area contributed by atoms with Crippen molar-refractivity contribution in [2.75, 3.05) is 31.6 Å². The van der Waals surface area contributed by atoms with Crippen LogP contribution < -0.4 is 15.5 Å². The quantitative estimate of drug-likeness (QED) is 0.261. The van der Waals surface area contributed by atoms with Crippen LogP contribution in [-0.4, -0.2) is 43.7 Å². The molecule has 1 aliphatic rings. The summed E-state index contributed by atoms with van der Waals surface area (Å²) in [7, 11) is 1.82. The molecule has 2 N–H and O–H groups in total. The first-order chi connectivity index (χ1) is 12.6. The fraction of sp³-hybridized carbons (Fsp3) is 0.474. The molecule has 0 spiro atoms. The summed E-state index contributed by atoms with van der Waals surface area (Å²) in [6.45, 7) is 4.92. The Labute approximate surface area is 187 Å². The minimum Gasteiger partial charge on any atom is -0.369 e. The molecule has 1 aromatic heterocycles. The van der Waals surface area contributed by atoms with Gasteiger partial charge in [-0.1, -0.05) is 17.7 Å². The van der Waals surface area contributed by atoms with E-state index in [1.54, 1.807) is 11.3 Å². The molecule has 1 saturated heterocycles. The van der Waals surface area contributed by atoms with Crippen molar-refractivity contribution in [1.82, 2.24) is 15.6 Å². The van der Waals surface area contributed by atoms with E-state index in [4.69, 9.17) is 11.6 Å². The Balaban J connectivity index is 0.00000261. The molecular weight excluding hydrogens is 493 g/mol. The van der Waals surface area contributed by atoms with E-state index in [2.05, 4.69) is 37.0 Å². The number of halogens is 2. The summed E-state index contributed by atoms with van der Waals surface area (Å²) < 4.78 is 0. The molecule has 1 unspecified atom stereocenters. The number of nitrogens with zero attached hydrogens (tertiary/aromatic N) is 3. The fourth-order valence-electron chi connectivity index (χ4n) is 3.14. The van der Waals surface area contributed by atoms with Gasteiger partial charge in [-0.15, -0.1) is 35.3 Å². The molecule has 148 valence electrons. The molecule has 2 heterocycles. The van der Waals surface area contributed by atoms with E-state index in [0.717, 1.165) is 55.6 Å². The highest BCUT2D eigenvalue weighted by molar-refractivity contribution is 14.0. The Kier molecular flexibility index (Phi) is 9.11. The molecule has 0 bridgehead atoms. The number of thiazole rings is 1. The number of hydrogen-bond donors (Lipinski definition) is 2. The number of aryl methyl sites for hydroxylation is 2. The molecule has 2 aromatic rings. The van der Waals surface area contributed by atoms with E-state index < -0.39 is 0 Å². The van der Waals surface area contributed by atoms with E-state index in [1.807, 2.05) is 32.2 Å². The number of aromatic nitrogens is 1. The molecule has 1 fully saturated rings. The highest BCUT2D eigenvalue weighted by Crippen LogP contribution is 2.23. The molecule has 0 aliphatic carbocycles. The summed E-state index contributed by atoms with van der Waals surface area (Å²) in [5.74, 6) is 0.873. The zero-order valence-electron chi connectivity index (χ0n) is 15.7. The number of rotatable bonds is 6. The molecule has 8 heteroatoms. The van der Waals surface area contributed by atoms with Crippen molar-refractivity contribution in [1.29, 1.82) is 0 Å². The third kappa shape index (κ3) is 6.80. The Morgan fingerprint density at radius 2 is 2.30 bits per heavy atom. The maximum absolute atomic E-state index is 6.11. The lowest BCUT2D eigenvalue weighted by Crippen LogP contribution is -2.44. The maximum atomic E-state index is 6.11. The van der Waals surface area contributed by atoms with Crippen molar-refractivity contribution in [2.24, 2.45) is 4.99 Å². The summed E-state index contributed by atoms with van der Waals surface area (Å²) in [5, 5.41) is 11.0. The Morgan fingerprint density at radius 3 is 3.00 bits per heavy atom. The Bertz CT molecular complexity index is 751. The smallest absolute Gasteiger partial charge is 0.191 e. The number of benzene rings is 1. The second-order valence-electron chi connectivity index (χ2n) is 6.54. The van der Waals surface area contributed by atoms with Crippen LogP contribution in [0.4, 0.5) is 5.69 Å². The van der Waals surface area contributed by atoms with Crippen LogP contribution >= 0.6 is 46.9 Å². The van der Waals surface area contributed by atoms with Crippen LogP contribution in [0.1, 0.15) is 23.5 Å². The number of guanidine groups is 1. The van der Waals surface area contributed by atoms with Gasteiger partial charge in [0, 0.05) is 60.9 Å². The monoisotopic (exact) mass is 519 g/mol. The van der Waals surface area contributed by atoms with Crippen molar-refractivity contribution in [2.45, 2.75) is 32.2 Å². The van der Waals surface area contributed by atoms with Crippen LogP contribution in [0.5, 0.6) is 0 Å². The molecule has 5 nitrogen and oxygen atoms in total. The molecule has 1 atom stereocenters. The van der Waals surface area contributed by atoms with Gasteiger partial charge in [-0.25, -0.2) is 4.98 Å². The van der Waals surface area contributed by atoms with Crippen molar-refractivity contribution >= 4 is 58.6 Å².